The highest BCUT2D eigenvalue weighted by atomic mass is 32.2. The van der Waals surface area contributed by atoms with Crippen LogP contribution in [0, 0.1) is 0 Å². The average molecular weight is 297 g/mol. The van der Waals surface area contributed by atoms with Gasteiger partial charge in [-0.05, 0) is 18.6 Å². The summed E-state index contributed by atoms with van der Waals surface area (Å²) in [4.78, 5) is 4.06. The second-order valence-electron chi connectivity index (χ2n) is 4.06. The molecule has 0 radical (unpaired) electrons. The third kappa shape index (κ3) is 2.63. The molecular formula is C11H15N5O3S. The van der Waals surface area contributed by atoms with E-state index in [1.165, 1.54) is 11.7 Å². The van der Waals surface area contributed by atoms with Crippen LogP contribution >= 0.6 is 0 Å². The maximum absolute atomic E-state index is 11.5. The molecule has 0 aliphatic heterocycles. The average Bonchev–Trinajstić information content (AvgIpc) is 2.82. The molecular weight excluding hydrogens is 282 g/mol. The van der Waals surface area contributed by atoms with Gasteiger partial charge in [0.15, 0.2) is 5.82 Å². The maximum Gasteiger partial charge on any atom is 0.273 e. The second kappa shape index (κ2) is 5.55. The number of ether oxygens (including phenoxy) is 1. The van der Waals surface area contributed by atoms with Crippen molar-refractivity contribution in [2.75, 3.05) is 7.11 Å². The van der Waals surface area contributed by atoms with Crippen LogP contribution in [0.3, 0.4) is 0 Å². The Labute approximate surface area is 116 Å². The zero-order valence-electron chi connectivity index (χ0n) is 11.1. The summed E-state index contributed by atoms with van der Waals surface area (Å²) in [6.07, 6.45) is 2.28. The van der Waals surface area contributed by atoms with Crippen molar-refractivity contribution in [3.05, 3.63) is 18.3 Å². The Balaban J connectivity index is 2.66. The topological polar surface area (TPSA) is 113 Å². The first-order chi connectivity index (χ1) is 9.49. The van der Waals surface area contributed by atoms with Gasteiger partial charge in [-0.1, -0.05) is 6.92 Å². The number of methoxy groups -OCH3 is 1. The van der Waals surface area contributed by atoms with Gasteiger partial charge in [-0.15, -0.1) is 10.2 Å². The van der Waals surface area contributed by atoms with Gasteiger partial charge in [-0.2, -0.15) is 0 Å². The molecule has 0 atom stereocenters. The predicted molar refractivity (Wildman–Crippen MR) is 71.5 cm³/mol. The number of primary sulfonamides is 1. The summed E-state index contributed by atoms with van der Waals surface area (Å²) in [5.41, 5.74) is 0.561. The summed E-state index contributed by atoms with van der Waals surface area (Å²) >= 11 is 0. The van der Waals surface area contributed by atoms with Crippen molar-refractivity contribution in [1.82, 2.24) is 19.7 Å². The summed E-state index contributed by atoms with van der Waals surface area (Å²) in [7, 11) is -2.46. The molecule has 20 heavy (non-hydrogen) atoms. The van der Waals surface area contributed by atoms with Crippen LogP contribution in [0.1, 0.15) is 13.3 Å². The largest absolute Gasteiger partial charge is 0.480 e. The SMILES string of the molecule is CCCn1c(-c2cccnc2OC)nnc1S(N)(=O)=O. The standard InChI is InChI=1S/C11H15N5O3S/c1-3-7-16-9(14-15-11(16)20(12,17)18)8-5-4-6-13-10(8)19-2/h4-6H,3,7H2,1-2H3,(H2,12,17,18). The highest BCUT2D eigenvalue weighted by molar-refractivity contribution is 7.89. The Morgan fingerprint density at radius 2 is 2.15 bits per heavy atom. The lowest BCUT2D eigenvalue weighted by atomic mass is 10.2. The molecule has 2 aromatic heterocycles. The quantitative estimate of drug-likeness (QED) is 0.855. The first-order valence-corrected chi connectivity index (χ1v) is 7.49. The van der Waals surface area contributed by atoms with Crippen molar-refractivity contribution in [3.8, 4) is 17.3 Å². The van der Waals surface area contributed by atoms with Gasteiger partial charge in [0.25, 0.3) is 15.2 Å². The van der Waals surface area contributed by atoms with E-state index in [1.807, 2.05) is 6.92 Å². The lowest BCUT2D eigenvalue weighted by Crippen LogP contribution is -2.19. The van der Waals surface area contributed by atoms with E-state index in [1.54, 1.807) is 18.3 Å². The van der Waals surface area contributed by atoms with Crippen LogP contribution in [0.4, 0.5) is 0 Å². The molecule has 0 spiro atoms. The van der Waals surface area contributed by atoms with Gasteiger partial charge in [0, 0.05) is 12.7 Å². The van der Waals surface area contributed by atoms with Crippen molar-refractivity contribution in [2.24, 2.45) is 5.14 Å². The molecule has 0 unspecified atom stereocenters. The van der Waals surface area contributed by atoms with Crippen molar-refractivity contribution in [2.45, 2.75) is 25.0 Å². The molecule has 9 heteroatoms. The Morgan fingerprint density at radius 3 is 2.75 bits per heavy atom. The lowest BCUT2D eigenvalue weighted by Gasteiger charge is -2.09. The number of rotatable bonds is 5. The smallest absolute Gasteiger partial charge is 0.273 e. The number of nitrogens with zero attached hydrogens (tertiary/aromatic N) is 4. The highest BCUT2D eigenvalue weighted by Gasteiger charge is 2.23. The number of nitrogens with two attached hydrogens (primary N) is 1. The van der Waals surface area contributed by atoms with Gasteiger partial charge in [0.2, 0.25) is 5.88 Å². The van der Waals surface area contributed by atoms with Crippen LogP contribution in [-0.2, 0) is 16.6 Å². The molecule has 0 amide bonds. The molecule has 2 aromatic rings. The molecule has 2 rings (SSSR count). The van der Waals surface area contributed by atoms with Crippen molar-refractivity contribution >= 4 is 10.0 Å². The minimum absolute atomic E-state index is 0.264. The van der Waals surface area contributed by atoms with Gasteiger partial charge < -0.3 is 4.74 Å². The molecule has 2 N–H and O–H groups in total. The van der Waals surface area contributed by atoms with Gasteiger partial charge >= 0.3 is 0 Å². The Kier molecular flexibility index (Phi) is 4.00. The third-order valence-corrected chi connectivity index (χ3v) is 3.43. The Hall–Kier alpha value is -2.00. The third-order valence-electron chi connectivity index (χ3n) is 2.62. The van der Waals surface area contributed by atoms with Gasteiger partial charge in [-0.3, -0.25) is 4.57 Å². The van der Waals surface area contributed by atoms with E-state index >= 15 is 0 Å². The van der Waals surface area contributed by atoms with Crippen LogP contribution in [-0.4, -0.2) is 35.3 Å². The van der Waals surface area contributed by atoms with Crippen LogP contribution < -0.4 is 9.88 Å². The highest BCUT2D eigenvalue weighted by Crippen LogP contribution is 2.27. The summed E-state index contributed by atoms with van der Waals surface area (Å²) in [6.45, 7) is 2.34. The van der Waals surface area contributed by atoms with Gasteiger partial charge in [0.05, 0.1) is 12.7 Å². The van der Waals surface area contributed by atoms with E-state index in [0.29, 0.717) is 30.2 Å². The summed E-state index contributed by atoms with van der Waals surface area (Å²) < 4.78 is 29.7. The molecule has 108 valence electrons. The van der Waals surface area contributed by atoms with E-state index in [2.05, 4.69) is 15.2 Å². The number of hydrogen-bond acceptors (Lipinski definition) is 6. The van der Waals surface area contributed by atoms with Gasteiger partial charge in [0.1, 0.15) is 0 Å². The molecule has 8 nitrogen and oxygen atoms in total. The Bertz CT molecular complexity index is 711. The van der Waals surface area contributed by atoms with E-state index in [9.17, 15) is 8.42 Å². The van der Waals surface area contributed by atoms with Crippen molar-refractivity contribution in [1.29, 1.82) is 0 Å². The number of pyridine rings is 1. The fraction of sp³-hybridized carbons (Fsp3) is 0.364. The zero-order valence-corrected chi connectivity index (χ0v) is 12.0. The minimum atomic E-state index is -3.93. The molecule has 0 aliphatic rings. The fourth-order valence-corrected chi connectivity index (χ4v) is 2.49. The molecule has 0 fully saturated rings. The number of hydrogen-bond donors (Lipinski definition) is 1. The van der Waals surface area contributed by atoms with E-state index in [4.69, 9.17) is 9.88 Å². The van der Waals surface area contributed by atoms with Crippen LogP contribution in [0.25, 0.3) is 11.4 Å². The molecule has 0 saturated heterocycles. The summed E-state index contributed by atoms with van der Waals surface area (Å²) in [5, 5.41) is 12.5. The summed E-state index contributed by atoms with van der Waals surface area (Å²) in [6, 6.07) is 3.44. The minimum Gasteiger partial charge on any atom is -0.480 e. The summed E-state index contributed by atoms with van der Waals surface area (Å²) in [5.74, 6) is 0.707. The lowest BCUT2D eigenvalue weighted by molar-refractivity contribution is 0.399. The monoisotopic (exact) mass is 297 g/mol. The van der Waals surface area contributed by atoms with E-state index in [-0.39, 0.29) is 5.16 Å². The molecule has 0 saturated carbocycles. The van der Waals surface area contributed by atoms with Gasteiger partial charge in [-0.25, -0.2) is 18.5 Å². The maximum atomic E-state index is 11.5. The fourth-order valence-electron chi connectivity index (χ4n) is 1.85. The van der Waals surface area contributed by atoms with Crippen molar-refractivity contribution < 1.29 is 13.2 Å². The van der Waals surface area contributed by atoms with Crippen molar-refractivity contribution in [3.63, 3.8) is 0 Å². The molecule has 2 heterocycles. The molecule has 0 bridgehead atoms. The number of sulfonamides is 1. The van der Waals surface area contributed by atoms with Crippen LogP contribution in [0.15, 0.2) is 23.5 Å². The first kappa shape index (κ1) is 14.4. The molecule has 0 aliphatic carbocycles. The molecule has 0 aromatic carbocycles. The van der Waals surface area contributed by atoms with E-state index < -0.39 is 10.0 Å². The first-order valence-electron chi connectivity index (χ1n) is 5.94. The van der Waals surface area contributed by atoms with E-state index in [0.717, 1.165) is 0 Å². The Morgan fingerprint density at radius 1 is 1.40 bits per heavy atom. The zero-order chi connectivity index (χ0) is 14.8. The second-order valence-corrected chi connectivity index (χ2v) is 5.52. The normalized spacial score (nSPS) is 11.6. The predicted octanol–water partition coefficient (Wildman–Crippen LogP) is 0.406. The van der Waals surface area contributed by atoms with Crippen LogP contribution in [0.5, 0.6) is 5.88 Å². The number of aromatic nitrogens is 4. The van der Waals surface area contributed by atoms with Crippen LogP contribution in [0.2, 0.25) is 0 Å².